The van der Waals surface area contributed by atoms with Crippen LogP contribution in [0.1, 0.15) is 29.2 Å². The van der Waals surface area contributed by atoms with E-state index in [0.29, 0.717) is 0 Å². The Morgan fingerprint density at radius 2 is 2.00 bits per heavy atom. The number of benzene rings is 1. The lowest BCUT2D eigenvalue weighted by atomic mass is 9.97. The lowest BCUT2D eigenvalue weighted by molar-refractivity contribution is 0.441. The van der Waals surface area contributed by atoms with E-state index >= 15 is 0 Å². The van der Waals surface area contributed by atoms with E-state index < -0.39 is 0 Å². The lowest BCUT2D eigenvalue weighted by Gasteiger charge is -2.17. The van der Waals surface area contributed by atoms with Crippen LogP contribution in [0.4, 0.5) is 0 Å². The van der Waals surface area contributed by atoms with Gasteiger partial charge in [0.15, 0.2) is 0 Å². The van der Waals surface area contributed by atoms with Gasteiger partial charge in [-0.05, 0) is 61.0 Å². The fourth-order valence-corrected chi connectivity index (χ4v) is 3.19. The van der Waals surface area contributed by atoms with Crippen LogP contribution in [0.25, 0.3) is 0 Å². The number of hydrogen-bond donors (Lipinski definition) is 1. The van der Waals surface area contributed by atoms with Crippen molar-refractivity contribution in [1.82, 2.24) is 10.2 Å². The summed E-state index contributed by atoms with van der Waals surface area (Å²) in [5.41, 5.74) is 4.13. The van der Waals surface area contributed by atoms with Gasteiger partial charge in [0.05, 0.1) is 0 Å². The molecule has 0 fully saturated rings. The average Bonchev–Trinajstić information content (AvgIpc) is 2.49. The SMILES string of the molecule is CCSCCc1c(C)cc(C)c(C)c1Oc1n[nH]c(Cl)cc1=O. The summed E-state index contributed by atoms with van der Waals surface area (Å²) < 4.78 is 5.90. The second-order valence-electron chi connectivity index (χ2n) is 5.38. The van der Waals surface area contributed by atoms with Gasteiger partial charge < -0.3 is 4.74 Å². The second-order valence-corrected chi connectivity index (χ2v) is 7.18. The standard InChI is InChI=1S/C17H21ClN2O2S/c1-5-23-7-6-13-11(3)8-10(2)12(4)16(13)22-17-14(21)9-15(18)19-20-17/h8-9H,5-7H2,1-4H3,(H,19,21). The molecule has 0 bridgehead atoms. The summed E-state index contributed by atoms with van der Waals surface area (Å²) >= 11 is 7.63. The van der Waals surface area contributed by atoms with Gasteiger partial charge in [0.25, 0.3) is 5.88 Å². The van der Waals surface area contributed by atoms with Crippen molar-refractivity contribution in [2.24, 2.45) is 0 Å². The van der Waals surface area contributed by atoms with Crippen LogP contribution in [0.15, 0.2) is 16.9 Å². The molecule has 23 heavy (non-hydrogen) atoms. The number of rotatable bonds is 6. The van der Waals surface area contributed by atoms with Gasteiger partial charge in [0.2, 0.25) is 5.43 Å². The fourth-order valence-electron chi connectivity index (χ4n) is 2.41. The molecule has 0 saturated carbocycles. The summed E-state index contributed by atoms with van der Waals surface area (Å²) in [6.07, 6.45) is 0.895. The van der Waals surface area contributed by atoms with Gasteiger partial charge in [-0.2, -0.15) is 11.8 Å². The van der Waals surface area contributed by atoms with Gasteiger partial charge in [0, 0.05) is 6.07 Å². The van der Waals surface area contributed by atoms with Crippen LogP contribution in [0, 0.1) is 20.8 Å². The molecule has 0 aliphatic carbocycles. The van der Waals surface area contributed by atoms with Crippen LogP contribution in [0.3, 0.4) is 0 Å². The van der Waals surface area contributed by atoms with Crippen LogP contribution < -0.4 is 10.2 Å². The summed E-state index contributed by atoms with van der Waals surface area (Å²) in [7, 11) is 0. The number of nitrogens with zero attached hydrogens (tertiary/aromatic N) is 1. The minimum absolute atomic E-state index is 0.0203. The van der Waals surface area contributed by atoms with Gasteiger partial charge in [0.1, 0.15) is 10.9 Å². The van der Waals surface area contributed by atoms with Gasteiger partial charge >= 0.3 is 0 Å². The monoisotopic (exact) mass is 352 g/mol. The molecule has 1 heterocycles. The van der Waals surface area contributed by atoms with Gasteiger partial charge in [-0.3, -0.25) is 9.89 Å². The van der Waals surface area contributed by atoms with Crippen molar-refractivity contribution in [3.63, 3.8) is 0 Å². The molecule has 4 nitrogen and oxygen atoms in total. The topological polar surface area (TPSA) is 55.0 Å². The van der Waals surface area contributed by atoms with E-state index in [1.165, 1.54) is 11.6 Å². The Hall–Kier alpha value is -1.46. The number of thioether (sulfide) groups is 1. The van der Waals surface area contributed by atoms with Crippen molar-refractivity contribution in [3.05, 3.63) is 49.8 Å². The minimum atomic E-state index is -0.332. The van der Waals surface area contributed by atoms with E-state index in [9.17, 15) is 4.79 Å². The smallest absolute Gasteiger partial charge is 0.285 e. The summed E-state index contributed by atoms with van der Waals surface area (Å²) in [6, 6.07) is 3.43. The molecular weight excluding hydrogens is 332 g/mol. The predicted octanol–water partition coefficient (Wildman–Crippen LogP) is 4.44. The highest BCUT2D eigenvalue weighted by Crippen LogP contribution is 2.33. The molecular formula is C17H21ClN2O2S. The molecule has 0 spiro atoms. The normalized spacial score (nSPS) is 10.8. The number of halogens is 1. The van der Waals surface area contributed by atoms with Gasteiger partial charge in [-0.1, -0.05) is 24.6 Å². The largest absolute Gasteiger partial charge is 0.434 e. The fraction of sp³-hybridized carbons (Fsp3) is 0.412. The summed E-state index contributed by atoms with van der Waals surface area (Å²) in [4.78, 5) is 12.0. The quantitative estimate of drug-likeness (QED) is 0.781. The number of ether oxygens (including phenoxy) is 1. The summed E-state index contributed by atoms with van der Waals surface area (Å²) in [6.45, 7) is 8.27. The molecule has 0 unspecified atom stereocenters. The van der Waals surface area contributed by atoms with Gasteiger partial charge in [-0.15, -0.1) is 5.10 Å². The highest BCUT2D eigenvalue weighted by Gasteiger charge is 2.16. The molecule has 1 aromatic heterocycles. The number of aromatic nitrogens is 2. The van der Waals surface area contributed by atoms with Crippen molar-refractivity contribution in [2.75, 3.05) is 11.5 Å². The van der Waals surface area contributed by atoms with Gasteiger partial charge in [-0.25, -0.2) is 0 Å². The third kappa shape index (κ3) is 4.30. The first-order valence-corrected chi connectivity index (χ1v) is 9.07. The Morgan fingerprint density at radius 3 is 2.65 bits per heavy atom. The number of H-pyrrole nitrogens is 1. The van der Waals surface area contributed by atoms with Crippen LogP contribution >= 0.6 is 23.4 Å². The predicted molar refractivity (Wildman–Crippen MR) is 97.3 cm³/mol. The zero-order chi connectivity index (χ0) is 17.0. The third-order valence-electron chi connectivity index (χ3n) is 3.75. The Kier molecular flexibility index (Phi) is 6.13. The zero-order valence-corrected chi connectivity index (χ0v) is 15.4. The lowest BCUT2D eigenvalue weighted by Crippen LogP contribution is -2.10. The molecule has 0 atom stereocenters. The first kappa shape index (κ1) is 17.9. The molecule has 2 rings (SSSR count). The second kappa shape index (κ2) is 7.88. The molecule has 0 amide bonds. The highest BCUT2D eigenvalue weighted by molar-refractivity contribution is 7.99. The van der Waals surface area contributed by atoms with Crippen molar-refractivity contribution in [1.29, 1.82) is 0 Å². The number of aryl methyl sites for hydroxylation is 2. The van der Waals surface area contributed by atoms with Crippen molar-refractivity contribution >= 4 is 23.4 Å². The van der Waals surface area contributed by atoms with E-state index in [4.69, 9.17) is 16.3 Å². The van der Waals surface area contributed by atoms with E-state index in [0.717, 1.165) is 40.4 Å². The minimum Gasteiger partial charge on any atom is -0.434 e. The average molecular weight is 353 g/mol. The van der Waals surface area contributed by atoms with Crippen LogP contribution in [0.5, 0.6) is 11.6 Å². The van der Waals surface area contributed by atoms with E-state index in [2.05, 4.69) is 30.1 Å². The Bertz CT molecular complexity index is 759. The number of nitrogens with one attached hydrogen (secondary N) is 1. The zero-order valence-electron chi connectivity index (χ0n) is 13.8. The molecule has 0 radical (unpaired) electrons. The summed E-state index contributed by atoms with van der Waals surface area (Å²) in [5.74, 6) is 2.85. The molecule has 0 saturated heterocycles. The summed E-state index contributed by atoms with van der Waals surface area (Å²) in [5, 5.41) is 6.68. The Morgan fingerprint density at radius 1 is 1.26 bits per heavy atom. The van der Waals surface area contributed by atoms with E-state index in [-0.39, 0.29) is 16.5 Å². The first-order valence-electron chi connectivity index (χ1n) is 7.54. The van der Waals surface area contributed by atoms with E-state index in [1.54, 1.807) is 0 Å². The molecule has 1 N–H and O–H groups in total. The maximum Gasteiger partial charge on any atom is 0.285 e. The molecule has 124 valence electrons. The van der Waals surface area contributed by atoms with E-state index in [1.807, 2.05) is 25.6 Å². The first-order chi connectivity index (χ1) is 10.9. The molecule has 6 heteroatoms. The van der Waals surface area contributed by atoms with Crippen molar-refractivity contribution in [2.45, 2.75) is 34.1 Å². The van der Waals surface area contributed by atoms with Crippen molar-refractivity contribution in [3.8, 4) is 11.6 Å². The molecule has 0 aliphatic rings. The molecule has 0 aliphatic heterocycles. The van der Waals surface area contributed by atoms with Crippen LogP contribution in [-0.2, 0) is 6.42 Å². The highest BCUT2D eigenvalue weighted by atomic mass is 35.5. The third-order valence-corrected chi connectivity index (χ3v) is 4.84. The maximum atomic E-state index is 12.0. The number of hydrogen-bond acceptors (Lipinski definition) is 4. The molecule has 1 aromatic carbocycles. The maximum absolute atomic E-state index is 12.0. The van der Waals surface area contributed by atoms with Crippen LogP contribution in [0.2, 0.25) is 5.15 Å². The van der Waals surface area contributed by atoms with Crippen LogP contribution in [-0.4, -0.2) is 21.7 Å². The number of aromatic amines is 1. The molecule has 2 aromatic rings. The Balaban J connectivity index is 2.44. The van der Waals surface area contributed by atoms with Crippen molar-refractivity contribution < 1.29 is 4.74 Å². The Labute approximate surface area is 145 Å².